The van der Waals surface area contributed by atoms with Gasteiger partial charge in [-0.3, -0.25) is 0 Å². The molecular formula is C13H17BrFNOS. The maximum Gasteiger partial charge on any atom is 0.144 e. The fraction of sp³-hybridized carbons (Fsp3) is 0.462. The van der Waals surface area contributed by atoms with Crippen molar-refractivity contribution in [3.63, 3.8) is 0 Å². The zero-order chi connectivity index (χ0) is 14.1. The first-order valence-electron chi connectivity index (χ1n) is 5.56. The molecule has 0 aliphatic carbocycles. The Balaban J connectivity index is 3.19. The lowest BCUT2D eigenvalue weighted by Crippen LogP contribution is -2.26. The van der Waals surface area contributed by atoms with Crippen LogP contribution in [0.2, 0.25) is 0 Å². The lowest BCUT2D eigenvalue weighted by Gasteiger charge is -2.19. The zero-order valence-electron chi connectivity index (χ0n) is 11.2. The highest BCUT2D eigenvalue weighted by molar-refractivity contribution is 9.10. The van der Waals surface area contributed by atoms with E-state index in [9.17, 15) is 8.94 Å². The molecule has 0 aromatic heterocycles. The highest BCUT2D eigenvalue weighted by Gasteiger charge is 2.27. The fourth-order valence-electron chi connectivity index (χ4n) is 1.33. The van der Waals surface area contributed by atoms with E-state index in [4.69, 9.17) is 0 Å². The van der Waals surface area contributed by atoms with Crippen molar-refractivity contribution in [2.75, 3.05) is 0 Å². The van der Waals surface area contributed by atoms with Gasteiger partial charge in [-0.15, -0.1) is 0 Å². The van der Waals surface area contributed by atoms with E-state index in [1.807, 2.05) is 27.7 Å². The predicted molar refractivity (Wildman–Crippen MR) is 78.9 cm³/mol. The lowest BCUT2D eigenvalue weighted by atomic mass is 10.1. The number of hydrogen-bond donors (Lipinski definition) is 0. The van der Waals surface area contributed by atoms with Crippen LogP contribution in [0.25, 0.3) is 0 Å². The van der Waals surface area contributed by atoms with Crippen LogP contribution < -0.4 is 0 Å². The Labute approximate surface area is 119 Å². The third-order valence-electron chi connectivity index (χ3n) is 2.44. The van der Waals surface area contributed by atoms with Crippen LogP contribution in [-0.2, 0) is 11.4 Å². The van der Waals surface area contributed by atoms with Crippen LogP contribution in [0.3, 0.4) is 0 Å². The summed E-state index contributed by atoms with van der Waals surface area (Å²) in [6.07, 6.45) is 0. The molecule has 2 nitrogen and oxygen atoms in total. The van der Waals surface area contributed by atoms with E-state index in [0.29, 0.717) is 15.7 Å². The van der Waals surface area contributed by atoms with Crippen molar-refractivity contribution in [3.05, 3.63) is 33.5 Å². The molecule has 1 rings (SSSR count). The molecule has 5 heteroatoms. The number of benzene rings is 1. The van der Waals surface area contributed by atoms with Crippen molar-refractivity contribution in [2.45, 2.75) is 39.4 Å². The molecule has 0 unspecified atom stereocenters. The molecule has 1 atom stereocenters. The summed E-state index contributed by atoms with van der Waals surface area (Å²) in [6.45, 7) is 9.19. The van der Waals surface area contributed by atoms with Gasteiger partial charge in [0.2, 0.25) is 0 Å². The quantitative estimate of drug-likeness (QED) is 0.591. The largest absolute Gasteiger partial charge is 0.591 e. The smallest absolute Gasteiger partial charge is 0.144 e. The summed E-state index contributed by atoms with van der Waals surface area (Å²) in [5.41, 5.74) is 2.16. The van der Waals surface area contributed by atoms with E-state index in [0.717, 1.165) is 5.56 Å². The summed E-state index contributed by atoms with van der Waals surface area (Å²) in [5, 5.41) is 0. The van der Waals surface area contributed by atoms with Gasteiger partial charge in [-0.1, -0.05) is 20.3 Å². The molecule has 0 radical (unpaired) electrons. The van der Waals surface area contributed by atoms with Crippen molar-refractivity contribution >= 4 is 33.0 Å². The molecule has 0 saturated carbocycles. The third-order valence-corrected chi connectivity index (χ3v) is 4.75. The Morgan fingerprint density at radius 2 is 1.94 bits per heavy atom. The van der Waals surface area contributed by atoms with Gasteiger partial charge >= 0.3 is 0 Å². The predicted octanol–water partition coefficient (Wildman–Crippen LogP) is 4.17. The number of halogens is 2. The third kappa shape index (κ3) is 3.80. The first-order chi connectivity index (χ1) is 8.12. The van der Waals surface area contributed by atoms with E-state index in [1.165, 1.54) is 12.1 Å². The Morgan fingerprint density at radius 1 is 1.39 bits per heavy atom. The summed E-state index contributed by atoms with van der Waals surface area (Å²) in [6, 6.07) is 2.83. The van der Waals surface area contributed by atoms with Crippen LogP contribution >= 0.6 is 15.9 Å². The minimum absolute atomic E-state index is 0.335. The molecule has 1 aromatic carbocycles. The molecule has 0 aliphatic rings. The van der Waals surface area contributed by atoms with Gasteiger partial charge in [-0.25, -0.2) is 4.39 Å². The van der Waals surface area contributed by atoms with Gasteiger partial charge < -0.3 is 4.55 Å². The second-order valence-corrected chi connectivity index (χ2v) is 7.86. The molecule has 0 amide bonds. The van der Waals surface area contributed by atoms with Crippen molar-refractivity contribution in [3.8, 4) is 0 Å². The molecule has 0 heterocycles. The van der Waals surface area contributed by atoms with Crippen LogP contribution in [0.15, 0.2) is 21.0 Å². The summed E-state index contributed by atoms with van der Waals surface area (Å²) >= 11 is 1.96. The monoisotopic (exact) mass is 333 g/mol. The summed E-state index contributed by atoms with van der Waals surface area (Å²) in [5.74, 6) is -0.335. The first-order valence-corrected chi connectivity index (χ1v) is 7.46. The van der Waals surface area contributed by atoms with E-state index < -0.39 is 16.1 Å². The highest BCUT2D eigenvalue weighted by atomic mass is 79.9. The van der Waals surface area contributed by atoms with Gasteiger partial charge in [0.15, 0.2) is 0 Å². The lowest BCUT2D eigenvalue weighted by molar-refractivity contribution is 0.561. The molecule has 1 aromatic rings. The van der Waals surface area contributed by atoms with E-state index >= 15 is 0 Å². The van der Waals surface area contributed by atoms with E-state index in [2.05, 4.69) is 20.3 Å². The zero-order valence-corrected chi connectivity index (χ0v) is 13.6. The Kier molecular flexibility index (Phi) is 4.98. The normalized spacial score (nSPS) is 14.8. The second-order valence-electron chi connectivity index (χ2n) is 5.10. The topological polar surface area (TPSA) is 35.4 Å². The van der Waals surface area contributed by atoms with Gasteiger partial charge in [0.25, 0.3) is 0 Å². The van der Waals surface area contributed by atoms with Crippen molar-refractivity contribution in [1.82, 2.24) is 0 Å². The average molecular weight is 334 g/mol. The van der Waals surface area contributed by atoms with Crippen molar-refractivity contribution < 1.29 is 8.94 Å². The number of rotatable bonds is 2. The van der Waals surface area contributed by atoms with Crippen LogP contribution in [0.1, 0.15) is 38.8 Å². The summed E-state index contributed by atoms with van der Waals surface area (Å²) in [7, 11) is 0. The maximum absolute atomic E-state index is 13.4. The van der Waals surface area contributed by atoms with Crippen molar-refractivity contribution in [2.24, 2.45) is 4.40 Å². The Hall–Kier alpha value is -0.390. The van der Waals surface area contributed by atoms with Crippen molar-refractivity contribution in [1.29, 1.82) is 0 Å². The highest BCUT2D eigenvalue weighted by Crippen LogP contribution is 2.24. The molecule has 100 valence electrons. The summed E-state index contributed by atoms with van der Waals surface area (Å²) < 4.78 is 29.8. The van der Waals surface area contributed by atoms with E-state index in [-0.39, 0.29) is 5.82 Å². The molecule has 18 heavy (non-hydrogen) atoms. The molecule has 0 saturated heterocycles. The second kappa shape index (κ2) is 5.72. The Bertz CT molecular complexity index is 483. The molecule has 0 fully saturated rings. The molecule has 0 bridgehead atoms. The minimum Gasteiger partial charge on any atom is -0.591 e. The minimum atomic E-state index is -1.34. The van der Waals surface area contributed by atoms with E-state index in [1.54, 1.807) is 6.92 Å². The van der Waals surface area contributed by atoms with Crippen LogP contribution in [-0.4, -0.2) is 15.0 Å². The average Bonchev–Trinajstić information content (AvgIpc) is 2.21. The van der Waals surface area contributed by atoms with Crippen LogP contribution in [0.4, 0.5) is 4.39 Å². The Morgan fingerprint density at radius 3 is 2.44 bits per heavy atom. The van der Waals surface area contributed by atoms with Gasteiger partial charge in [0, 0.05) is 10.0 Å². The van der Waals surface area contributed by atoms with Gasteiger partial charge in [-0.2, -0.15) is 0 Å². The SMILES string of the molecule is CC(=N[S@+]([O-])C(C)(C)C)c1cc(F)cc(Br)c1C. The first kappa shape index (κ1) is 15.7. The molecule has 0 spiro atoms. The number of hydrogen-bond acceptors (Lipinski definition) is 2. The van der Waals surface area contributed by atoms with Gasteiger partial charge in [0.1, 0.15) is 21.9 Å². The number of nitrogens with zero attached hydrogens (tertiary/aromatic N) is 1. The molecule has 0 N–H and O–H groups in total. The maximum atomic E-state index is 13.4. The van der Waals surface area contributed by atoms with Gasteiger partial charge in [0.05, 0.1) is 5.71 Å². The summed E-state index contributed by atoms with van der Waals surface area (Å²) in [4.78, 5) is 0. The van der Waals surface area contributed by atoms with Crippen LogP contribution in [0.5, 0.6) is 0 Å². The molecular weight excluding hydrogens is 317 g/mol. The van der Waals surface area contributed by atoms with Gasteiger partial charge in [-0.05, 0) is 52.3 Å². The molecule has 0 aliphatic heterocycles. The standard InChI is InChI=1S/C13H17BrFNOS/c1-8-11(6-10(15)7-12(8)14)9(2)16-18(17)13(3,4)5/h6-7H,1-5H3/t18-/m1/s1. The fourth-order valence-corrected chi connectivity index (χ4v) is 2.39. The van der Waals surface area contributed by atoms with Crippen LogP contribution in [0, 0.1) is 12.7 Å².